The van der Waals surface area contributed by atoms with Crippen LogP contribution in [0, 0.1) is 12.8 Å². The summed E-state index contributed by atoms with van der Waals surface area (Å²) in [6, 6.07) is 6.34. The molecule has 0 spiro atoms. The Balaban J connectivity index is 2.12. The zero-order valence-corrected chi connectivity index (χ0v) is 10.3. The Hall–Kier alpha value is -1.11. The van der Waals surface area contributed by atoms with Crippen LogP contribution in [0.2, 0.25) is 0 Å². The minimum Gasteiger partial charge on any atom is -0.294 e. The van der Waals surface area contributed by atoms with Crippen LogP contribution in [0.4, 0.5) is 0 Å². The molecule has 86 valence electrons. The first kappa shape index (κ1) is 11.4. The summed E-state index contributed by atoms with van der Waals surface area (Å²) in [5, 5.41) is 0. The molecule has 0 aromatic heterocycles. The van der Waals surface area contributed by atoms with Crippen LogP contribution in [0.3, 0.4) is 0 Å². The van der Waals surface area contributed by atoms with E-state index in [0.29, 0.717) is 11.7 Å². The van der Waals surface area contributed by atoms with Crippen LogP contribution in [0.15, 0.2) is 18.2 Å². The van der Waals surface area contributed by atoms with E-state index < -0.39 is 0 Å². The molecule has 0 N–H and O–H groups in total. The predicted octanol–water partition coefficient (Wildman–Crippen LogP) is 3.93. The van der Waals surface area contributed by atoms with Gasteiger partial charge in [0, 0.05) is 11.5 Å². The van der Waals surface area contributed by atoms with Crippen LogP contribution >= 0.6 is 0 Å². The maximum atomic E-state index is 12.0. The molecule has 1 aromatic rings. The van der Waals surface area contributed by atoms with Gasteiger partial charge in [0.05, 0.1) is 0 Å². The molecule has 0 saturated heterocycles. The molecule has 0 unspecified atom stereocenters. The number of aryl methyl sites for hydroxylation is 2. The monoisotopic (exact) mass is 216 g/mol. The second-order valence-electron chi connectivity index (χ2n) is 4.89. The van der Waals surface area contributed by atoms with Crippen molar-refractivity contribution in [2.45, 2.75) is 46.0 Å². The topological polar surface area (TPSA) is 17.1 Å². The minimum absolute atomic E-state index is 0.334. The lowest BCUT2D eigenvalue weighted by molar-refractivity contribution is 0.0967. The van der Waals surface area contributed by atoms with Gasteiger partial charge < -0.3 is 0 Å². The number of hydrogen-bond acceptors (Lipinski definition) is 1. The van der Waals surface area contributed by atoms with E-state index in [-0.39, 0.29) is 0 Å². The number of benzene rings is 1. The second kappa shape index (κ2) is 4.82. The number of carbonyl (C=O) groups excluding carboxylic acids is 1. The largest absolute Gasteiger partial charge is 0.294 e. The van der Waals surface area contributed by atoms with Crippen molar-refractivity contribution in [3.63, 3.8) is 0 Å². The summed E-state index contributed by atoms with van der Waals surface area (Å²) in [5.41, 5.74) is 3.47. The smallest absolute Gasteiger partial charge is 0.166 e. The number of unbranched alkanes of at least 4 members (excludes halogenated alkanes) is 1. The van der Waals surface area contributed by atoms with Crippen molar-refractivity contribution in [1.82, 2.24) is 0 Å². The first-order chi connectivity index (χ1) is 7.72. The van der Waals surface area contributed by atoms with E-state index in [1.165, 1.54) is 18.4 Å². The van der Waals surface area contributed by atoms with Crippen LogP contribution in [-0.4, -0.2) is 5.78 Å². The van der Waals surface area contributed by atoms with Gasteiger partial charge in [-0.25, -0.2) is 0 Å². The molecule has 0 amide bonds. The van der Waals surface area contributed by atoms with Crippen LogP contribution in [0.5, 0.6) is 0 Å². The molecule has 1 saturated carbocycles. The van der Waals surface area contributed by atoms with E-state index in [0.717, 1.165) is 30.4 Å². The Morgan fingerprint density at radius 1 is 1.38 bits per heavy atom. The number of ketones is 1. The number of rotatable bonds is 5. The molecule has 1 aromatic carbocycles. The standard InChI is InChI=1S/C15H20O/c1-3-4-5-12-6-9-14(11(2)10-12)15(16)13-7-8-13/h6,9-10,13H,3-5,7-8H2,1-2H3. The summed E-state index contributed by atoms with van der Waals surface area (Å²) in [5.74, 6) is 0.694. The number of carbonyl (C=O) groups is 1. The van der Waals surface area contributed by atoms with Gasteiger partial charge in [0.25, 0.3) is 0 Å². The second-order valence-corrected chi connectivity index (χ2v) is 4.89. The average molecular weight is 216 g/mol. The quantitative estimate of drug-likeness (QED) is 0.681. The summed E-state index contributed by atoms with van der Waals surface area (Å²) < 4.78 is 0. The van der Waals surface area contributed by atoms with Crippen molar-refractivity contribution in [2.75, 3.05) is 0 Å². The molecule has 0 radical (unpaired) electrons. The zero-order valence-electron chi connectivity index (χ0n) is 10.3. The Bertz CT molecular complexity index is 388. The highest BCUT2D eigenvalue weighted by atomic mass is 16.1. The lowest BCUT2D eigenvalue weighted by Gasteiger charge is -2.07. The third-order valence-electron chi connectivity index (χ3n) is 3.32. The summed E-state index contributed by atoms with van der Waals surface area (Å²) in [6.07, 6.45) is 5.78. The normalized spacial score (nSPS) is 15.1. The van der Waals surface area contributed by atoms with Crippen molar-refractivity contribution < 1.29 is 4.79 Å². The van der Waals surface area contributed by atoms with Gasteiger partial charge >= 0.3 is 0 Å². The molecule has 0 heterocycles. The van der Waals surface area contributed by atoms with Gasteiger partial charge in [-0.15, -0.1) is 0 Å². The summed E-state index contributed by atoms with van der Waals surface area (Å²) in [6.45, 7) is 4.27. The SMILES string of the molecule is CCCCc1ccc(C(=O)C2CC2)c(C)c1. The molecule has 1 fully saturated rings. The Morgan fingerprint density at radius 2 is 2.12 bits per heavy atom. The van der Waals surface area contributed by atoms with E-state index in [2.05, 4.69) is 26.0 Å². The van der Waals surface area contributed by atoms with E-state index in [1.807, 2.05) is 6.07 Å². The lowest BCUT2D eigenvalue weighted by atomic mass is 9.97. The Morgan fingerprint density at radius 3 is 2.69 bits per heavy atom. The lowest BCUT2D eigenvalue weighted by Crippen LogP contribution is -2.04. The van der Waals surface area contributed by atoms with E-state index in [4.69, 9.17) is 0 Å². The summed E-state index contributed by atoms with van der Waals surface area (Å²) in [4.78, 5) is 12.0. The van der Waals surface area contributed by atoms with Gasteiger partial charge in [0.2, 0.25) is 0 Å². The Kier molecular flexibility index (Phi) is 3.42. The van der Waals surface area contributed by atoms with E-state index >= 15 is 0 Å². The number of hydrogen-bond donors (Lipinski definition) is 0. The predicted molar refractivity (Wildman–Crippen MR) is 66.8 cm³/mol. The fraction of sp³-hybridized carbons (Fsp3) is 0.533. The van der Waals surface area contributed by atoms with Gasteiger partial charge in [-0.1, -0.05) is 31.5 Å². The highest BCUT2D eigenvalue weighted by Gasteiger charge is 2.30. The maximum absolute atomic E-state index is 12.0. The van der Waals surface area contributed by atoms with Gasteiger partial charge in [-0.05, 0) is 43.7 Å². The highest BCUT2D eigenvalue weighted by molar-refractivity contribution is 6.00. The van der Waals surface area contributed by atoms with Crippen molar-refractivity contribution in [2.24, 2.45) is 5.92 Å². The molecular formula is C15H20O. The molecule has 1 aliphatic carbocycles. The fourth-order valence-electron chi connectivity index (χ4n) is 2.10. The number of Topliss-reactive ketones (excluding diaryl/α,β-unsaturated/α-hetero) is 1. The van der Waals surface area contributed by atoms with E-state index in [1.54, 1.807) is 0 Å². The van der Waals surface area contributed by atoms with Crippen LogP contribution in [0.1, 0.15) is 54.1 Å². The van der Waals surface area contributed by atoms with E-state index in [9.17, 15) is 4.79 Å². The van der Waals surface area contributed by atoms with Gasteiger partial charge in [0.15, 0.2) is 5.78 Å². The molecular weight excluding hydrogens is 196 g/mol. The van der Waals surface area contributed by atoms with Crippen molar-refractivity contribution >= 4 is 5.78 Å². The molecule has 0 atom stereocenters. The van der Waals surface area contributed by atoms with Crippen molar-refractivity contribution in [3.8, 4) is 0 Å². The summed E-state index contributed by atoms with van der Waals surface area (Å²) >= 11 is 0. The van der Waals surface area contributed by atoms with Gasteiger partial charge in [-0.2, -0.15) is 0 Å². The zero-order chi connectivity index (χ0) is 11.5. The molecule has 1 aliphatic rings. The average Bonchev–Trinajstić information content (AvgIpc) is 3.09. The van der Waals surface area contributed by atoms with Crippen LogP contribution in [-0.2, 0) is 6.42 Å². The third kappa shape index (κ3) is 2.52. The first-order valence-corrected chi connectivity index (χ1v) is 6.36. The van der Waals surface area contributed by atoms with Crippen molar-refractivity contribution in [1.29, 1.82) is 0 Å². The minimum atomic E-state index is 0.334. The van der Waals surface area contributed by atoms with Crippen LogP contribution < -0.4 is 0 Å². The first-order valence-electron chi connectivity index (χ1n) is 6.36. The summed E-state index contributed by atoms with van der Waals surface area (Å²) in [7, 11) is 0. The third-order valence-corrected chi connectivity index (χ3v) is 3.32. The van der Waals surface area contributed by atoms with Gasteiger partial charge in [0.1, 0.15) is 0 Å². The fourth-order valence-corrected chi connectivity index (χ4v) is 2.10. The molecule has 0 bridgehead atoms. The molecule has 1 heteroatoms. The molecule has 0 aliphatic heterocycles. The van der Waals surface area contributed by atoms with Crippen LogP contribution in [0.25, 0.3) is 0 Å². The van der Waals surface area contributed by atoms with Gasteiger partial charge in [-0.3, -0.25) is 4.79 Å². The maximum Gasteiger partial charge on any atom is 0.166 e. The van der Waals surface area contributed by atoms with Crippen molar-refractivity contribution in [3.05, 3.63) is 34.9 Å². The molecule has 16 heavy (non-hydrogen) atoms. The Labute approximate surface area is 97.9 Å². The molecule has 2 rings (SSSR count). The highest BCUT2D eigenvalue weighted by Crippen LogP contribution is 2.33. The molecule has 1 nitrogen and oxygen atoms in total.